The Labute approximate surface area is 117 Å². The quantitative estimate of drug-likeness (QED) is 0.933. The van der Waals surface area contributed by atoms with E-state index in [9.17, 15) is 4.79 Å². The standard InChI is InChI=1S/C15H18N2OS/c1-16-9-11-5-4-8-17(11)15(18)13-10-19-14-7-3-2-6-12(13)14/h2-3,6-7,10-11,16H,4-5,8-9H2,1H3. The summed E-state index contributed by atoms with van der Waals surface area (Å²) < 4.78 is 1.19. The average Bonchev–Trinajstić information content (AvgIpc) is 3.04. The summed E-state index contributed by atoms with van der Waals surface area (Å²) in [5.41, 5.74) is 0.864. The van der Waals surface area contributed by atoms with Gasteiger partial charge in [0.2, 0.25) is 0 Å². The van der Waals surface area contributed by atoms with E-state index in [4.69, 9.17) is 0 Å². The molecule has 19 heavy (non-hydrogen) atoms. The number of carbonyl (C=O) groups excluding carboxylic acids is 1. The second-order valence-electron chi connectivity index (χ2n) is 5.00. The highest BCUT2D eigenvalue weighted by Crippen LogP contribution is 2.28. The molecule has 100 valence electrons. The van der Waals surface area contributed by atoms with Crippen molar-refractivity contribution < 1.29 is 4.79 Å². The summed E-state index contributed by atoms with van der Waals surface area (Å²) >= 11 is 1.65. The largest absolute Gasteiger partial charge is 0.334 e. The minimum absolute atomic E-state index is 0.190. The van der Waals surface area contributed by atoms with E-state index < -0.39 is 0 Å². The molecule has 1 aliphatic heterocycles. The van der Waals surface area contributed by atoms with Gasteiger partial charge >= 0.3 is 0 Å². The van der Waals surface area contributed by atoms with Crippen molar-refractivity contribution in [2.24, 2.45) is 0 Å². The van der Waals surface area contributed by atoms with Crippen LogP contribution in [-0.2, 0) is 0 Å². The molecule has 0 radical (unpaired) electrons. The molecule has 0 spiro atoms. The third-order valence-corrected chi connectivity index (χ3v) is 4.75. The summed E-state index contributed by atoms with van der Waals surface area (Å²) in [7, 11) is 1.95. The Hall–Kier alpha value is -1.39. The molecule has 1 fully saturated rings. The lowest BCUT2D eigenvalue weighted by Gasteiger charge is -2.24. The van der Waals surface area contributed by atoms with Gasteiger partial charge in [-0.3, -0.25) is 4.79 Å². The van der Waals surface area contributed by atoms with Gasteiger partial charge in [-0.15, -0.1) is 11.3 Å². The molecule has 0 saturated carbocycles. The molecular weight excluding hydrogens is 256 g/mol. The van der Waals surface area contributed by atoms with Gasteiger partial charge < -0.3 is 10.2 Å². The molecule has 1 aromatic heterocycles. The van der Waals surface area contributed by atoms with E-state index in [0.717, 1.165) is 36.9 Å². The summed E-state index contributed by atoms with van der Waals surface area (Å²) in [5.74, 6) is 0.190. The zero-order valence-corrected chi connectivity index (χ0v) is 11.9. The molecule has 3 rings (SSSR count). The van der Waals surface area contributed by atoms with Crippen LogP contribution in [0.4, 0.5) is 0 Å². The first kappa shape index (κ1) is 12.6. The Morgan fingerprint density at radius 3 is 3.16 bits per heavy atom. The molecule has 1 atom stereocenters. The Balaban J connectivity index is 1.91. The number of hydrogen-bond acceptors (Lipinski definition) is 3. The van der Waals surface area contributed by atoms with E-state index in [1.165, 1.54) is 4.70 Å². The molecule has 1 unspecified atom stereocenters. The van der Waals surface area contributed by atoms with Gasteiger partial charge in [-0.2, -0.15) is 0 Å². The van der Waals surface area contributed by atoms with Gasteiger partial charge in [-0.25, -0.2) is 0 Å². The van der Waals surface area contributed by atoms with Crippen molar-refractivity contribution in [3.63, 3.8) is 0 Å². The number of nitrogens with zero attached hydrogens (tertiary/aromatic N) is 1. The molecule has 1 aromatic carbocycles. The maximum atomic E-state index is 12.7. The maximum absolute atomic E-state index is 12.7. The lowest BCUT2D eigenvalue weighted by Crippen LogP contribution is -2.40. The van der Waals surface area contributed by atoms with Crippen LogP contribution in [0.15, 0.2) is 29.6 Å². The number of rotatable bonds is 3. The van der Waals surface area contributed by atoms with E-state index in [2.05, 4.69) is 11.4 Å². The summed E-state index contributed by atoms with van der Waals surface area (Å²) in [4.78, 5) is 14.7. The molecule has 1 amide bonds. The maximum Gasteiger partial charge on any atom is 0.255 e. The van der Waals surface area contributed by atoms with Crippen LogP contribution in [0.1, 0.15) is 23.2 Å². The Kier molecular flexibility index (Phi) is 3.53. The molecule has 0 aliphatic carbocycles. The Bertz CT molecular complexity index is 593. The Morgan fingerprint density at radius 1 is 1.47 bits per heavy atom. The molecule has 0 bridgehead atoms. The van der Waals surface area contributed by atoms with Crippen LogP contribution >= 0.6 is 11.3 Å². The number of likely N-dealkylation sites (tertiary alicyclic amines) is 1. The number of fused-ring (bicyclic) bond motifs is 1. The van der Waals surface area contributed by atoms with Gasteiger partial charge in [0, 0.05) is 34.6 Å². The number of likely N-dealkylation sites (N-methyl/N-ethyl adjacent to an activating group) is 1. The van der Waals surface area contributed by atoms with Crippen molar-refractivity contribution in [2.45, 2.75) is 18.9 Å². The predicted octanol–water partition coefficient (Wildman–Crippen LogP) is 2.73. The molecule has 1 aliphatic rings. The fraction of sp³-hybridized carbons (Fsp3) is 0.400. The number of benzene rings is 1. The van der Waals surface area contributed by atoms with Crippen LogP contribution in [0.2, 0.25) is 0 Å². The van der Waals surface area contributed by atoms with Gasteiger partial charge in [-0.1, -0.05) is 18.2 Å². The normalized spacial score (nSPS) is 19.2. The molecule has 1 N–H and O–H groups in total. The van der Waals surface area contributed by atoms with Gasteiger partial charge in [-0.05, 0) is 26.0 Å². The van der Waals surface area contributed by atoms with Crippen molar-refractivity contribution in [3.8, 4) is 0 Å². The highest BCUT2D eigenvalue weighted by Gasteiger charge is 2.29. The van der Waals surface area contributed by atoms with Crippen molar-refractivity contribution in [1.82, 2.24) is 10.2 Å². The van der Waals surface area contributed by atoms with Crippen LogP contribution < -0.4 is 5.32 Å². The number of thiophene rings is 1. The topological polar surface area (TPSA) is 32.3 Å². The van der Waals surface area contributed by atoms with E-state index in [1.54, 1.807) is 11.3 Å². The van der Waals surface area contributed by atoms with Crippen molar-refractivity contribution in [2.75, 3.05) is 20.1 Å². The molecule has 2 aromatic rings. The fourth-order valence-corrected chi connectivity index (χ4v) is 3.78. The monoisotopic (exact) mass is 274 g/mol. The van der Waals surface area contributed by atoms with Gasteiger partial charge in [0.25, 0.3) is 5.91 Å². The Morgan fingerprint density at radius 2 is 2.32 bits per heavy atom. The van der Waals surface area contributed by atoms with Crippen molar-refractivity contribution >= 4 is 27.3 Å². The molecular formula is C15H18N2OS. The SMILES string of the molecule is CNCC1CCCN1C(=O)c1csc2ccccc12. The second kappa shape index (κ2) is 5.31. The number of nitrogens with one attached hydrogen (secondary N) is 1. The zero-order valence-electron chi connectivity index (χ0n) is 11.1. The van der Waals surface area contributed by atoms with Gasteiger partial charge in [0.05, 0.1) is 5.56 Å². The number of amides is 1. The first-order valence-electron chi connectivity index (χ1n) is 6.73. The molecule has 2 heterocycles. The summed E-state index contributed by atoms with van der Waals surface area (Å²) in [6.45, 7) is 1.77. The van der Waals surface area contributed by atoms with E-state index in [1.807, 2.05) is 35.5 Å². The number of carbonyl (C=O) groups is 1. The molecule has 3 nitrogen and oxygen atoms in total. The van der Waals surface area contributed by atoms with Gasteiger partial charge in [0.1, 0.15) is 0 Å². The summed E-state index contributed by atoms with van der Waals surface area (Å²) in [6.07, 6.45) is 2.22. The molecule has 4 heteroatoms. The number of hydrogen-bond donors (Lipinski definition) is 1. The first-order valence-corrected chi connectivity index (χ1v) is 7.61. The van der Waals surface area contributed by atoms with E-state index in [0.29, 0.717) is 6.04 Å². The third-order valence-electron chi connectivity index (χ3n) is 3.79. The van der Waals surface area contributed by atoms with E-state index >= 15 is 0 Å². The average molecular weight is 274 g/mol. The van der Waals surface area contributed by atoms with Crippen LogP contribution in [0.25, 0.3) is 10.1 Å². The minimum atomic E-state index is 0.190. The second-order valence-corrected chi connectivity index (χ2v) is 5.91. The smallest absolute Gasteiger partial charge is 0.255 e. The van der Waals surface area contributed by atoms with Crippen molar-refractivity contribution in [1.29, 1.82) is 0 Å². The summed E-state index contributed by atoms with van der Waals surface area (Å²) in [5, 5.41) is 6.28. The van der Waals surface area contributed by atoms with E-state index in [-0.39, 0.29) is 5.91 Å². The van der Waals surface area contributed by atoms with Crippen LogP contribution in [0.5, 0.6) is 0 Å². The highest BCUT2D eigenvalue weighted by atomic mass is 32.1. The van der Waals surface area contributed by atoms with Crippen molar-refractivity contribution in [3.05, 3.63) is 35.2 Å². The lowest BCUT2D eigenvalue weighted by atomic mass is 10.1. The predicted molar refractivity (Wildman–Crippen MR) is 79.8 cm³/mol. The van der Waals surface area contributed by atoms with Crippen LogP contribution in [0.3, 0.4) is 0 Å². The summed E-state index contributed by atoms with van der Waals surface area (Å²) in [6, 6.07) is 8.48. The third kappa shape index (κ3) is 2.26. The highest BCUT2D eigenvalue weighted by molar-refractivity contribution is 7.17. The first-order chi connectivity index (χ1) is 9.31. The van der Waals surface area contributed by atoms with Crippen LogP contribution in [-0.4, -0.2) is 37.0 Å². The molecule has 1 saturated heterocycles. The fourth-order valence-electron chi connectivity index (χ4n) is 2.85. The minimum Gasteiger partial charge on any atom is -0.334 e. The van der Waals surface area contributed by atoms with Gasteiger partial charge in [0.15, 0.2) is 0 Å². The zero-order chi connectivity index (χ0) is 13.2. The van der Waals surface area contributed by atoms with Crippen LogP contribution in [0, 0.1) is 0 Å². The lowest BCUT2D eigenvalue weighted by molar-refractivity contribution is 0.0739.